The summed E-state index contributed by atoms with van der Waals surface area (Å²) >= 11 is 0. The Hall–Kier alpha value is -3.28. The summed E-state index contributed by atoms with van der Waals surface area (Å²) < 4.78 is 0. The number of nitro groups is 2. The van der Waals surface area contributed by atoms with E-state index in [2.05, 4.69) is 0 Å². The second-order valence-corrected chi connectivity index (χ2v) is 4.39. The molecule has 0 heterocycles. The van der Waals surface area contributed by atoms with Crippen LogP contribution in [0.1, 0.15) is 11.1 Å². The molecule has 2 rings (SSSR count). The average molecular weight is 296 g/mol. The van der Waals surface area contributed by atoms with Gasteiger partial charge in [-0.05, 0) is 11.1 Å². The summed E-state index contributed by atoms with van der Waals surface area (Å²) in [4.78, 5) is 20.6. The molecule has 0 aliphatic carbocycles. The highest BCUT2D eigenvalue weighted by molar-refractivity contribution is 6.04. The lowest BCUT2D eigenvalue weighted by molar-refractivity contribution is -0.403. The van der Waals surface area contributed by atoms with Crippen LogP contribution < -0.4 is 0 Å². The standard InChI is InChI=1S/C16H12N2O4/c19-17(20)11-15(13-7-3-1-4-8-13)16(12-18(21)22)14-9-5-2-6-10-14/h1-12H. The molecular weight excluding hydrogens is 284 g/mol. The molecule has 0 atom stereocenters. The van der Waals surface area contributed by atoms with Gasteiger partial charge in [-0.1, -0.05) is 60.7 Å². The summed E-state index contributed by atoms with van der Waals surface area (Å²) in [5.74, 6) is 0. The Bertz CT molecular complexity index is 672. The van der Waals surface area contributed by atoms with Crippen molar-refractivity contribution in [1.82, 2.24) is 0 Å². The summed E-state index contributed by atoms with van der Waals surface area (Å²) in [7, 11) is 0. The largest absolute Gasteiger partial charge is 0.259 e. The number of nitrogens with zero attached hydrogens (tertiary/aromatic N) is 2. The Kier molecular flexibility index (Phi) is 4.77. The van der Waals surface area contributed by atoms with Gasteiger partial charge in [0.05, 0.1) is 21.0 Å². The van der Waals surface area contributed by atoms with Gasteiger partial charge in [-0.2, -0.15) is 0 Å². The van der Waals surface area contributed by atoms with Crippen LogP contribution in [0, 0.1) is 20.2 Å². The zero-order chi connectivity index (χ0) is 15.9. The van der Waals surface area contributed by atoms with Crippen LogP contribution in [-0.4, -0.2) is 9.85 Å². The van der Waals surface area contributed by atoms with E-state index < -0.39 is 9.85 Å². The Balaban J connectivity index is 2.65. The molecule has 0 saturated heterocycles. The Morgan fingerprint density at radius 2 is 1.00 bits per heavy atom. The lowest BCUT2D eigenvalue weighted by atomic mass is 9.94. The fourth-order valence-corrected chi connectivity index (χ4v) is 2.05. The van der Waals surface area contributed by atoms with Gasteiger partial charge in [-0.25, -0.2) is 0 Å². The minimum atomic E-state index is -0.612. The van der Waals surface area contributed by atoms with Gasteiger partial charge in [-0.3, -0.25) is 20.2 Å². The Labute approximate surface area is 126 Å². The van der Waals surface area contributed by atoms with Crippen LogP contribution in [-0.2, 0) is 0 Å². The molecule has 0 radical (unpaired) electrons. The highest BCUT2D eigenvalue weighted by atomic mass is 16.6. The monoisotopic (exact) mass is 296 g/mol. The van der Waals surface area contributed by atoms with E-state index in [1.165, 1.54) is 0 Å². The maximum absolute atomic E-state index is 10.9. The third-order valence-electron chi connectivity index (χ3n) is 2.93. The fraction of sp³-hybridized carbons (Fsp3) is 0. The van der Waals surface area contributed by atoms with E-state index in [0.717, 1.165) is 12.4 Å². The predicted octanol–water partition coefficient (Wildman–Crippen LogP) is 3.62. The number of allylic oxidation sites excluding steroid dienone is 2. The molecule has 6 heteroatoms. The third kappa shape index (κ3) is 3.86. The first-order valence-electron chi connectivity index (χ1n) is 6.40. The summed E-state index contributed by atoms with van der Waals surface area (Å²) in [5.41, 5.74) is 1.45. The molecule has 22 heavy (non-hydrogen) atoms. The molecule has 0 aromatic heterocycles. The van der Waals surface area contributed by atoms with Crippen LogP contribution in [0.15, 0.2) is 73.1 Å². The second kappa shape index (κ2) is 6.94. The van der Waals surface area contributed by atoms with E-state index in [4.69, 9.17) is 0 Å². The van der Waals surface area contributed by atoms with Crippen molar-refractivity contribution in [2.75, 3.05) is 0 Å². The van der Waals surface area contributed by atoms with Crippen molar-refractivity contribution in [3.63, 3.8) is 0 Å². The van der Waals surface area contributed by atoms with Crippen molar-refractivity contribution in [1.29, 1.82) is 0 Å². The zero-order valence-corrected chi connectivity index (χ0v) is 11.5. The Morgan fingerprint density at radius 1 is 0.682 bits per heavy atom. The molecule has 6 nitrogen and oxygen atoms in total. The first-order chi connectivity index (χ1) is 10.6. The van der Waals surface area contributed by atoms with E-state index in [1.54, 1.807) is 60.7 Å². The summed E-state index contributed by atoms with van der Waals surface area (Å²) in [5, 5.41) is 21.9. The molecule has 110 valence electrons. The van der Waals surface area contributed by atoms with E-state index in [9.17, 15) is 20.2 Å². The van der Waals surface area contributed by atoms with Gasteiger partial charge in [0.25, 0.3) is 0 Å². The van der Waals surface area contributed by atoms with E-state index >= 15 is 0 Å². The van der Waals surface area contributed by atoms with Gasteiger partial charge < -0.3 is 0 Å². The average Bonchev–Trinajstić information content (AvgIpc) is 2.52. The van der Waals surface area contributed by atoms with Crippen molar-refractivity contribution in [2.45, 2.75) is 0 Å². The van der Waals surface area contributed by atoms with Gasteiger partial charge >= 0.3 is 0 Å². The number of hydrogen-bond acceptors (Lipinski definition) is 4. The summed E-state index contributed by atoms with van der Waals surface area (Å²) in [6.45, 7) is 0. The molecule has 0 N–H and O–H groups in total. The van der Waals surface area contributed by atoms with Crippen molar-refractivity contribution in [3.05, 3.63) is 104 Å². The lowest BCUT2D eigenvalue weighted by Gasteiger charge is -2.08. The van der Waals surface area contributed by atoms with Crippen LogP contribution in [0.4, 0.5) is 0 Å². The van der Waals surface area contributed by atoms with E-state index in [1.807, 2.05) is 0 Å². The first-order valence-corrected chi connectivity index (χ1v) is 6.40. The summed E-state index contributed by atoms with van der Waals surface area (Å²) in [6, 6.07) is 17.1. The molecule has 0 fully saturated rings. The SMILES string of the molecule is O=[N+]([O-])C=C(C(=C[N+](=O)[O-])c1ccccc1)c1ccccc1. The van der Waals surface area contributed by atoms with E-state index in [0.29, 0.717) is 11.1 Å². The smallest absolute Gasteiger partial charge is 0.243 e. The molecule has 2 aromatic rings. The first kappa shape index (κ1) is 15.1. The van der Waals surface area contributed by atoms with Gasteiger partial charge in [0, 0.05) is 0 Å². The molecular formula is C16H12N2O4. The maximum atomic E-state index is 10.9. The van der Waals surface area contributed by atoms with Crippen molar-refractivity contribution >= 4 is 11.1 Å². The predicted molar refractivity (Wildman–Crippen MR) is 82.8 cm³/mol. The van der Waals surface area contributed by atoms with Gasteiger partial charge in [0.1, 0.15) is 0 Å². The van der Waals surface area contributed by atoms with Gasteiger partial charge in [0.15, 0.2) is 0 Å². The Morgan fingerprint density at radius 3 is 1.27 bits per heavy atom. The van der Waals surface area contributed by atoms with Crippen molar-refractivity contribution < 1.29 is 9.85 Å². The van der Waals surface area contributed by atoms with Gasteiger partial charge in [0.2, 0.25) is 12.4 Å². The van der Waals surface area contributed by atoms with Crippen LogP contribution >= 0.6 is 0 Å². The molecule has 0 bridgehead atoms. The topological polar surface area (TPSA) is 86.3 Å². The number of benzene rings is 2. The van der Waals surface area contributed by atoms with Gasteiger partial charge in [-0.15, -0.1) is 0 Å². The van der Waals surface area contributed by atoms with Crippen LogP contribution in [0.5, 0.6) is 0 Å². The third-order valence-corrected chi connectivity index (χ3v) is 2.93. The molecule has 2 aromatic carbocycles. The minimum Gasteiger partial charge on any atom is -0.259 e. The molecule has 0 saturated carbocycles. The molecule has 0 aliphatic rings. The highest BCUT2D eigenvalue weighted by Crippen LogP contribution is 2.31. The number of rotatable bonds is 5. The quantitative estimate of drug-likeness (QED) is 0.479. The molecule has 0 unspecified atom stereocenters. The van der Waals surface area contributed by atoms with E-state index in [-0.39, 0.29) is 11.1 Å². The molecule has 0 amide bonds. The van der Waals surface area contributed by atoms with Crippen LogP contribution in [0.2, 0.25) is 0 Å². The molecule has 0 aliphatic heterocycles. The van der Waals surface area contributed by atoms with Crippen molar-refractivity contribution in [3.8, 4) is 0 Å². The molecule has 0 spiro atoms. The highest BCUT2D eigenvalue weighted by Gasteiger charge is 2.17. The fourth-order valence-electron chi connectivity index (χ4n) is 2.05. The minimum absolute atomic E-state index is 0.188. The normalized spacial score (nSPS) is 12.0. The number of hydrogen-bond donors (Lipinski definition) is 0. The van der Waals surface area contributed by atoms with Crippen LogP contribution in [0.25, 0.3) is 11.1 Å². The maximum Gasteiger partial charge on any atom is 0.243 e. The lowest BCUT2D eigenvalue weighted by Crippen LogP contribution is -1.98. The van der Waals surface area contributed by atoms with Crippen LogP contribution in [0.3, 0.4) is 0 Å². The summed E-state index contributed by atoms with van der Waals surface area (Å²) in [6.07, 6.45) is 1.58. The van der Waals surface area contributed by atoms with Crippen molar-refractivity contribution in [2.24, 2.45) is 0 Å². The second-order valence-electron chi connectivity index (χ2n) is 4.39. The zero-order valence-electron chi connectivity index (χ0n) is 11.5.